The molecule has 0 aliphatic carbocycles. The normalized spacial score (nSPS) is 24.0. The van der Waals surface area contributed by atoms with Crippen LogP contribution in [0.15, 0.2) is 30.3 Å². The largest absolute Gasteiger partial charge is 0.352 e. The zero-order chi connectivity index (χ0) is 15.2. The van der Waals surface area contributed by atoms with Gasteiger partial charge in [-0.25, -0.2) is 0 Å². The lowest BCUT2D eigenvalue weighted by atomic mass is 9.92. The van der Waals surface area contributed by atoms with Gasteiger partial charge >= 0.3 is 0 Å². The van der Waals surface area contributed by atoms with Crippen molar-refractivity contribution in [1.82, 2.24) is 10.2 Å². The molecule has 0 bridgehead atoms. The maximum Gasteiger partial charge on any atom is 0.237 e. The van der Waals surface area contributed by atoms with Crippen molar-refractivity contribution in [1.29, 1.82) is 5.26 Å². The highest BCUT2D eigenvalue weighted by Crippen LogP contribution is 2.16. The van der Waals surface area contributed by atoms with Crippen molar-refractivity contribution in [3.8, 4) is 6.07 Å². The molecule has 112 valence electrons. The summed E-state index contributed by atoms with van der Waals surface area (Å²) in [5.41, 5.74) is 1.02. The standard InChI is InChI=1S/C17H23N3O/c1-13-12-20(2)9-8-16(13)19-17(21)15(11-18)10-14-6-4-3-5-7-14/h3-7,13,15-16H,8-10,12H2,1-2H3,(H,19,21). The molecule has 3 unspecified atom stereocenters. The molecule has 1 aromatic rings. The van der Waals surface area contributed by atoms with Gasteiger partial charge in [0.1, 0.15) is 5.92 Å². The number of carbonyl (C=O) groups is 1. The van der Waals surface area contributed by atoms with Gasteiger partial charge in [-0.3, -0.25) is 4.79 Å². The van der Waals surface area contributed by atoms with Crippen LogP contribution in [0.5, 0.6) is 0 Å². The van der Waals surface area contributed by atoms with Gasteiger partial charge in [0, 0.05) is 12.6 Å². The van der Waals surface area contributed by atoms with E-state index in [0.717, 1.165) is 25.1 Å². The fourth-order valence-corrected chi connectivity index (χ4v) is 2.90. The van der Waals surface area contributed by atoms with E-state index < -0.39 is 5.92 Å². The van der Waals surface area contributed by atoms with Gasteiger partial charge in [-0.2, -0.15) is 5.26 Å². The number of piperidine rings is 1. The number of hydrogen-bond donors (Lipinski definition) is 1. The number of amides is 1. The van der Waals surface area contributed by atoms with Crippen LogP contribution in [-0.2, 0) is 11.2 Å². The maximum atomic E-state index is 12.3. The molecule has 4 nitrogen and oxygen atoms in total. The molecule has 1 aromatic carbocycles. The smallest absolute Gasteiger partial charge is 0.237 e. The molecule has 3 atom stereocenters. The molecular formula is C17H23N3O. The van der Waals surface area contributed by atoms with Gasteiger partial charge in [0.05, 0.1) is 6.07 Å². The van der Waals surface area contributed by atoms with Crippen LogP contribution in [-0.4, -0.2) is 37.0 Å². The number of carbonyl (C=O) groups excluding carboxylic acids is 1. The van der Waals surface area contributed by atoms with Crippen LogP contribution in [0.4, 0.5) is 0 Å². The third-order valence-electron chi connectivity index (χ3n) is 4.19. The minimum absolute atomic E-state index is 0.136. The van der Waals surface area contributed by atoms with E-state index in [1.54, 1.807) is 0 Å². The number of nitriles is 1. The summed E-state index contributed by atoms with van der Waals surface area (Å²) in [6, 6.07) is 12.0. The minimum atomic E-state index is -0.612. The predicted molar refractivity (Wildman–Crippen MR) is 82.5 cm³/mol. The van der Waals surface area contributed by atoms with E-state index in [-0.39, 0.29) is 11.9 Å². The average molecular weight is 285 g/mol. The highest BCUT2D eigenvalue weighted by Gasteiger charge is 2.28. The molecule has 1 saturated heterocycles. The Balaban J connectivity index is 1.93. The minimum Gasteiger partial charge on any atom is -0.352 e. The molecule has 0 spiro atoms. The number of nitrogens with zero attached hydrogens (tertiary/aromatic N) is 2. The number of hydrogen-bond acceptors (Lipinski definition) is 3. The summed E-state index contributed by atoms with van der Waals surface area (Å²) in [4.78, 5) is 14.6. The topological polar surface area (TPSA) is 56.1 Å². The first-order chi connectivity index (χ1) is 10.1. The maximum absolute atomic E-state index is 12.3. The molecule has 0 aromatic heterocycles. The first-order valence-corrected chi connectivity index (χ1v) is 7.52. The second-order valence-corrected chi connectivity index (χ2v) is 6.01. The van der Waals surface area contributed by atoms with Gasteiger partial charge in [-0.05, 0) is 37.9 Å². The molecule has 1 aliphatic heterocycles. The predicted octanol–water partition coefficient (Wildman–Crippen LogP) is 1.83. The van der Waals surface area contributed by atoms with Crippen LogP contribution in [0.1, 0.15) is 18.9 Å². The van der Waals surface area contributed by atoms with Gasteiger partial charge in [0.15, 0.2) is 0 Å². The van der Waals surface area contributed by atoms with E-state index >= 15 is 0 Å². The third-order valence-corrected chi connectivity index (χ3v) is 4.19. The van der Waals surface area contributed by atoms with Gasteiger partial charge in [0.25, 0.3) is 0 Å². The molecule has 4 heteroatoms. The van der Waals surface area contributed by atoms with Crippen LogP contribution in [0.25, 0.3) is 0 Å². The summed E-state index contributed by atoms with van der Waals surface area (Å²) in [6.45, 7) is 4.13. The van der Waals surface area contributed by atoms with E-state index in [4.69, 9.17) is 0 Å². The van der Waals surface area contributed by atoms with Crippen molar-refractivity contribution in [3.05, 3.63) is 35.9 Å². The van der Waals surface area contributed by atoms with Gasteiger partial charge in [0.2, 0.25) is 5.91 Å². The Kier molecular flexibility index (Phi) is 5.35. The second-order valence-electron chi connectivity index (χ2n) is 6.01. The van der Waals surface area contributed by atoms with Crippen LogP contribution in [0.2, 0.25) is 0 Å². The summed E-state index contributed by atoms with van der Waals surface area (Å²) in [7, 11) is 2.10. The third kappa shape index (κ3) is 4.30. The van der Waals surface area contributed by atoms with Gasteiger partial charge in [-0.15, -0.1) is 0 Å². The molecular weight excluding hydrogens is 262 g/mol. The van der Waals surface area contributed by atoms with Crippen molar-refractivity contribution in [2.75, 3.05) is 20.1 Å². The zero-order valence-corrected chi connectivity index (χ0v) is 12.7. The van der Waals surface area contributed by atoms with Crippen molar-refractivity contribution >= 4 is 5.91 Å². The fraction of sp³-hybridized carbons (Fsp3) is 0.529. The Bertz CT molecular complexity index is 509. The Morgan fingerprint density at radius 2 is 2.19 bits per heavy atom. The molecule has 1 heterocycles. The quantitative estimate of drug-likeness (QED) is 0.918. The van der Waals surface area contributed by atoms with Crippen LogP contribution in [0.3, 0.4) is 0 Å². The lowest BCUT2D eigenvalue weighted by molar-refractivity contribution is -0.124. The number of nitrogens with one attached hydrogen (secondary N) is 1. The molecule has 0 saturated carbocycles. The molecule has 21 heavy (non-hydrogen) atoms. The van der Waals surface area contributed by atoms with Gasteiger partial charge in [-0.1, -0.05) is 37.3 Å². The van der Waals surface area contributed by atoms with E-state index in [1.807, 2.05) is 30.3 Å². The lowest BCUT2D eigenvalue weighted by Gasteiger charge is -2.35. The SMILES string of the molecule is CC1CN(C)CCC1NC(=O)C(C#N)Cc1ccccc1. The van der Waals surface area contributed by atoms with Crippen LogP contribution < -0.4 is 5.32 Å². The van der Waals surface area contributed by atoms with Crippen molar-refractivity contribution in [2.45, 2.75) is 25.8 Å². The van der Waals surface area contributed by atoms with Crippen LogP contribution >= 0.6 is 0 Å². The van der Waals surface area contributed by atoms with Crippen molar-refractivity contribution in [3.63, 3.8) is 0 Å². The molecule has 1 N–H and O–H groups in total. The Morgan fingerprint density at radius 3 is 2.81 bits per heavy atom. The first-order valence-electron chi connectivity index (χ1n) is 7.52. The zero-order valence-electron chi connectivity index (χ0n) is 12.7. The first kappa shape index (κ1) is 15.5. The summed E-state index contributed by atoms with van der Waals surface area (Å²) in [6.07, 6.45) is 1.43. The van der Waals surface area contributed by atoms with Crippen molar-refractivity contribution in [2.24, 2.45) is 11.8 Å². The number of likely N-dealkylation sites (tertiary alicyclic amines) is 1. The summed E-state index contributed by atoms with van der Waals surface area (Å²) in [5.74, 6) is -0.328. The Labute approximate surface area is 126 Å². The second kappa shape index (κ2) is 7.24. The van der Waals surface area contributed by atoms with E-state index in [1.165, 1.54) is 0 Å². The molecule has 1 amide bonds. The molecule has 2 rings (SSSR count). The fourth-order valence-electron chi connectivity index (χ4n) is 2.90. The summed E-state index contributed by atoms with van der Waals surface area (Å²) < 4.78 is 0. The highest BCUT2D eigenvalue weighted by molar-refractivity contribution is 5.81. The highest BCUT2D eigenvalue weighted by atomic mass is 16.1. The molecule has 0 radical (unpaired) electrons. The number of rotatable bonds is 4. The Morgan fingerprint density at radius 1 is 1.48 bits per heavy atom. The molecule has 1 aliphatic rings. The summed E-state index contributed by atoms with van der Waals surface area (Å²) in [5, 5.41) is 12.3. The number of benzene rings is 1. The van der Waals surface area contributed by atoms with E-state index in [9.17, 15) is 10.1 Å². The van der Waals surface area contributed by atoms with E-state index in [2.05, 4.69) is 30.3 Å². The van der Waals surface area contributed by atoms with E-state index in [0.29, 0.717) is 12.3 Å². The average Bonchev–Trinajstić information content (AvgIpc) is 2.48. The molecule has 1 fully saturated rings. The van der Waals surface area contributed by atoms with Crippen molar-refractivity contribution < 1.29 is 4.79 Å². The lowest BCUT2D eigenvalue weighted by Crippen LogP contribution is -2.50. The monoisotopic (exact) mass is 285 g/mol. The van der Waals surface area contributed by atoms with Gasteiger partial charge < -0.3 is 10.2 Å². The Hall–Kier alpha value is -1.86. The summed E-state index contributed by atoms with van der Waals surface area (Å²) >= 11 is 0. The van der Waals surface area contributed by atoms with Crippen LogP contribution in [0, 0.1) is 23.2 Å².